The van der Waals surface area contributed by atoms with Gasteiger partial charge in [-0.1, -0.05) is 6.08 Å². The van der Waals surface area contributed by atoms with Crippen molar-refractivity contribution in [2.75, 3.05) is 0 Å². The second-order valence-corrected chi connectivity index (χ2v) is 2.21. The van der Waals surface area contributed by atoms with Crippen LogP contribution in [0.2, 0.25) is 0 Å². The third kappa shape index (κ3) is 2.31. The molecule has 0 atom stereocenters. The Morgan fingerprint density at radius 1 is 1.70 bits per heavy atom. The fourth-order valence-electron chi connectivity index (χ4n) is 0.582. The molecule has 1 aliphatic rings. The molecule has 1 aliphatic carbocycles. The van der Waals surface area contributed by atoms with Crippen LogP contribution < -0.4 is 0 Å². The number of rotatable bonds is 2. The maximum atomic E-state index is 10.4. The average molecular weight is 137 g/mol. The molecule has 10 heavy (non-hydrogen) atoms. The lowest BCUT2D eigenvalue weighted by atomic mass is 10.4. The monoisotopic (exact) mass is 137 g/mol. The molecule has 0 radical (unpaired) electrons. The second kappa shape index (κ2) is 3.02. The molecular formula is C7H7NO2. The Balaban J connectivity index is 2.23. The van der Waals surface area contributed by atoms with Crippen molar-refractivity contribution in [3.05, 3.63) is 12.2 Å². The number of esters is 1. The molecule has 0 aromatic heterocycles. The smallest absolute Gasteiger partial charge is 0.345 e. The molecule has 1 fully saturated rings. The highest BCUT2D eigenvalue weighted by Gasteiger charge is 2.17. The zero-order valence-corrected chi connectivity index (χ0v) is 5.41. The van der Waals surface area contributed by atoms with Gasteiger partial charge in [0.2, 0.25) is 0 Å². The van der Waals surface area contributed by atoms with E-state index in [9.17, 15) is 4.79 Å². The molecule has 3 heteroatoms. The standard InChI is InChI=1S/C7H7NO2/c8-5-10-7(9)4-3-6-1-2-6/h3-4,6H,1-2H2. The highest BCUT2D eigenvalue weighted by Crippen LogP contribution is 2.29. The van der Waals surface area contributed by atoms with Gasteiger partial charge >= 0.3 is 5.97 Å². The lowest BCUT2D eigenvalue weighted by molar-refractivity contribution is -0.131. The van der Waals surface area contributed by atoms with Crippen LogP contribution >= 0.6 is 0 Å². The van der Waals surface area contributed by atoms with Crippen LogP contribution in [0, 0.1) is 17.4 Å². The Morgan fingerprint density at radius 3 is 2.90 bits per heavy atom. The summed E-state index contributed by atoms with van der Waals surface area (Å²) < 4.78 is 4.00. The van der Waals surface area contributed by atoms with Crippen LogP contribution in [0.25, 0.3) is 0 Å². The normalized spacial score (nSPS) is 16.7. The number of nitriles is 1. The van der Waals surface area contributed by atoms with Gasteiger partial charge in [-0.15, -0.1) is 5.26 Å². The summed E-state index contributed by atoms with van der Waals surface area (Å²) in [5.41, 5.74) is 0. The third-order valence-electron chi connectivity index (χ3n) is 1.27. The second-order valence-electron chi connectivity index (χ2n) is 2.21. The minimum absolute atomic E-state index is 0.547. The van der Waals surface area contributed by atoms with Gasteiger partial charge in [0, 0.05) is 6.08 Å². The van der Waals surface area contributed by atoms with E-state index in [1.165, 1.54) is 12.3 Å². The van der Waals surface area contributed by atoms with Gasteiger partial charge in [0.15, 0.2) is 0 Å². The molecule has 0 amide bonds. The van der Waals surface area contributed by atoms with E-state index in [1.54, 1.807) is 6.08 Å². The number of hydrogen-bond acceptors (Lipinski definition) is 3. The largest absolute Gasteiger partial charge is 0.347 e. The van der Waals surface area contributed by atoms with E-state index < -0.39 is 5.97 Å². The molecular weight excluding hydrogens is 130 g/mol. The molecule has 0 saturated heterocycles. The van der Waals surface area contributed by atoms with Gasteiger partial charge in [0.1, 0.15) is 0 Å². The van der Waals surface area contributed by atoms with Crippen molar-refractivity contribution in [3.8, 4) is 6.26 Å². The molecule has 0 aliphatic heterocycles. The van der Waals surface area contributed by atoms with Gasteiger partial charge in [-0.2, -0.15) is 0 Å². The van der Waals surface area contributed by atoms with E-state index >= 15 is 0 Å². The van der Waals surface area contributed by atoms with Crippen LogP contribution in [0.3, 0.4) is 0 Å². The Bertz CT molecular complexity index is 198. The number of carbonyl (C=O) groups excluding carboxylic acids is 1. The molecule has 0 aromatic carbocycles. The van der Waals surface area contributed by atoms with Crippen LogP contribution in [-0.2, 0) is 9.53 Å². The Kier molecular flexibility index (Phi) is 2.06. The molecule has 3 nitrogen and oxygen atoms in total. The molecule has 1 rings (SSSR count). The molecule has 0 bridgehead atoms. The SMILES string of the molecule is N#COC(=O)C=CC1CC1. The van der Waals surface area contributed by atoms with E-state index in [-0.39, 0.29) is 0 Å². The molecule has 1 saturated carbocycles. The number of nitrogens with zero attached hydrogens (tertiary/aromatic N) is 1. The minimum Gasteiger partial charge on any atom is -0.347 e. The fourth-order valence-corrected chi connectivity index (χ4v) is 0.582. The summed E-state index contributed by atoms with van der Waals surface area (Å²) >= 11 is 0. The molecule has 0 spiro atoms. The highest BCUT2D eigenvalue weighted by atomic mass is 16.5. The lowest BCUT2D eigenvalue weighted by Crippen LogP contribution is -1.93. The summed E-state index contributed by atoms with van der Waals surface area (Å²) in [6.45, 7) is 0. The molecule has 0 N–H and O–H groups in total. The van der Waals surface area contributed by atoms with Crippen molar-refractivity contribution in [3.63, 3.8) is 0 Å². The average Bonchev–Trinajstić information content (AvgIpc) is 2.67. The van der Waals surface area contributed by atoms with E-state index in [0.717, 1.165) is 12.8 Å². The summed E-state index contributed by atoms with van der Waals surface area (Å²) in [5.74, 6) is -0.0272. The van der Waals surface area contributed by atoms with Crippen molar-refractivity contribution < 1.29 is 9.53 Å². The summed E-state index contributed by atoms with van der Waals surface area (Å²) in [7, 11) is 0. The molecule has 52 valence electrons. The first-order valence-electron chi connectivity index (χ1n) is 3.11. The highest BCUT2D eigenvalue weighted by molar-refractivity contribution is 5.82. The van der Waals surface area contributed by atoms with Crippen molar-refractivity contribution in [1.29, 1.82) is 5.26 Å². The first kappa shape index (κ1) is 6.81. The van der Waals surface area contributed by atoms with Crippen LogP contribution in [-0.4, -0.2) is 5.97 Å². The van der Waals surface area contributed by atoms with Crippen molar-refractivity contribution in [1.82, 2.24) is 0 Å². The minimum atomic E-state index is -0.575. The van der Waals surface area contributed by atoms with E-state index in [1.807, 2.05) is 0 Å². The first-order valence-corrected chi connectivity index (χ1v) is 3.11. The number of carbonyl (C=O) groups is 1. The summed E-state index contributed by atoms with van der Waals surface area (Å²) in [6, 6.07) is 0. The predicted molar refractivity (Wildman–Crippen MR) is 33.6 cm³/mol. The predicted octanol–water partition coefficient (Wildman–Crippen LogP) is 0.977. The third-order valence-corrected chi connectivity index (χ3v) is 1.27. The van der Waals surface area contributed by atoms with E-state index in [0.29, 0.717) is 5.92 Å². The number of allylic oxidation sites excluding steroid dienone is 1. The Hall–Kier alpha value is -1.30. The Morgan fingerprint density at radius 2 is 2.40 bits per heavy atom. The summed E-state index contributed by atoms with van der Waals surface area (Å²) in [6.07, 6.45) is 6.69. The van der Waals surface area contributed by atoms with Crippen LogP contribution in [0.4, 0.5) is 0 Å². The van der Waals surface area contributed by atoms with E-state index in [2.05, 4.69) is 4.74 Å². The topological polar surface area (TPSA) is 50.1 Å². The Labute approximate surface area is 58.9 Å². The van der Waals surface area contributed by atoms with Gasteiger partial charge in [0.25, 0.3) is 6.26 Å². The van der Waals surface area contributed by atoms with Crippen molar-refractivity contribution in [2.24, 2.45) is 5.92 Å². The first-order chi connectivity index (χ1) is 4.83. The van der Waals surface area contributed by atoms with Crippen LogP contribution in [0.1, 0.15) is 12.8 Å². The molecule has 0 unspecified atom stereocenters. The maximum Gasteiger partial charge on any atom is 0.345 e. The zero-order valence-electron chi connectivity index (χ0n) is 5.41. The van der Waals surface area contributed by atoms with Crippen molar-refractivity contribution >= 4 is 5.97 Å². The van der Waals surface area contributed by atoms with Crippen LogP contribution in [0.5, 0.6) is 0 Å². The quantitative estimate of drug-likeness (QED) is 0.324. The van der Waals surface area contributed by atoms with Crippen LogP contribution in [0.15, 0.2) is 12.2 Å². The van der Waals surface area contributed by atoms with Gasteiger partial charge in [-0.3, -0.25) is 0 Å². The number of hydrogen-bond donors (Lipinski definition) is 0. The van der Waals surface area contributed by atoms with Gasteiger partial charge in [-0.25, -0.2) is 4.79 Å². The van der Waals surface area contributed by atoms with Gasteiger partial charge < -0.3 is 4.74 Å². The molecule has 0 heterocycles. The van der Waals surface area contributed by atoms with Crippen molar-refractivity contribution in [2.45, 2.75) is 12.8 Å². The molecule has 0 aromatic rings. The fraction of sp³-hybridized carbons (Fsp3) is 0.429. The maximum absolute atomic E-state index is 10.4. The van der Waals surface area contributed by atoms with Gasteiger partial charge in [0.05, 0.1) is 0 Å². The summed E-state index contributed by atoms with van der Waals surface area (Å²) in [5, 5.41) is 7.89. The van der Waals surface area contributed by atoms with Gasteiger partial charge in [-0.05, 0) is 18.8 Å². The zero-order chi connectivity index (χ0) is 7.40. The lowest BCUT2D eigenvalue weighted by Gasteiger charge is -1.82. The number of ether oxygens (including phenoxy) is 1. The summed E-state index contributed by atoms with van der Waals surface area (Å²) in [4.78, 5) is 10.4. The van der Waals surface area contributed by atoms with E-state index in [4.69, 9.17) is 5.26 Å².